The topological polar surface area (TPSA) is 112 Å². The molecule has 3 aromatic rings. The van der Waals surface area contributed by atoms with E-state index in [1.54, 1.807) is 24.3 Å². The van der Waals surface area contributed by atoms with Crippen LogP contribution in [-0.2, 0) is 19.9 Å². The molecule has 1 aliphatic heterocycles. The second-order valence-electron chi connectivity index (χ2n) is 8.26. The molecule has 5 amide bonds. The summed E-state index contributed by atoms with van der Waals surface area (Å²) in [6.07, 6.45) is 0. The van der Waals surface area contributed by atoms with Crippen molar-refractivity contribution < 1.29 is 23.6 Å². The molecule has 9 nitrogen and oxygen atoms in total. The Bertz CT molecular complexity index is 1220. The Hall–Kier alpha value is -4.14. The van der Waals surface area contributed by atoms with Gasteiger partial charge in [-0.3, -0.25) is 19.3 Å². The molecule has 1 atom stereocenters. The first kappa shape index (κ1) is 22.1. The van der Waals surface area contributed by atoms with E-state index in [1.165, 1.54) is 18.9 Å². The number of furan rings is 1. The van der Waals surface area contributed by atoms with Crippen molar-refractivity contribution in [2.45, 2.75) is 19.4 Å². The number of carbonyl (C=O) groups is 4. The average molecular weight is 448 g/mol. The van der Waals surface area contributed by atoms with Crippen molar-refractivity contribution in [3.8, 4) is 0 Å². The van der Waals surface area contributed by atoms with Crippen LogP contribution >= 0.6 is 0 Å². The second-order valence-corrected chi connectivity index (χ2v) is 8.26. The number of hydrogen-bond acceptors (Lipinski definition) is 5. The van der Waals surface area contributed by atoms with E-state index in [0.29, 0.717) is 11.3 Å². The van der Waals surface area contributed by atoms with Crippen LogP contribution in [0.15, 0.2) is 59.0 Å². The fraction of sp³-hybridized carbons (Fsp3) is 0.250. The predicted octanol–water partition coefficient (Wildman–Crippen LogP) is 2.61. The minimum Gasteiger partial charge on any atom is -0.458 e. The summed E-state index contributed by atoms with van der Waals surface area (Å²) in [7, 11) is 1.44. The maximum atomic E-state index is 13.1. The molecule has 0 spiro atoms. The van der Waals surface area contributed by atoms with Crippen molar-refractivity contribution in [2.24, 2.45) is 0 Å². The van der Waals surface area contributed by atoms with Crippen LogP contribution in [0.1, 0.15) is 18.2 Å². The molecule has 4 rings (SSSR count). The van der Waals surface area contributed by atoms with Crippen LogP contribution in [0.2, 0.25) is 0 Å². The summed E-state index contributed by atoms with van der Waals surface area (Å²) in [5, 5.41) is 6.13. The van der Waals surface area contributed by atoms with Gasteiger partial charge in [-0.05, 0) is 38.1 Å². The van der Waals surface area contributed by atoms with Gasteiger partial charge in [-0.25, -0.2) is 4.79 Å². The van der Waals surface area contributed by atoms with Crippen LogP contribution in [0.4, 0.5) is 10.5 Å². The van der Waals surface area contributed by atoms with Crippen molar-refractivity contribution in [1.82, 2.24) is 15.1 Å². The van der Waals surface area contributed by atoms with E-state index in [2.05, 4.69) is 10.6 Å². The van der Waals surface area contributed by atoms with Gasteiger partial charge in [0.2, 0.25) is 11.8 Å². The normalized spacial score (nSPS) is 17.8. The van der Waals surface area contributed by atoms with Crippen LogP contribution in [-0.4, -0.2) is 53.7 Å². The first-order chi connectivity index (χ1) is 15.7. The van der Waals surface area contributed by atoms with Crippen molar-refractivity contribution in [1.29, 1.82) is 0 Å². The summed E-state index contributed by atoms with van der Waals surface area (Å²) in [5.74, 6) is -1.26. The van der Waals surface area contributed by atoms with Crippen LogP contribution in [0.25, 0.3) is 11.0 Å². The van der Waals surface area contributed by atoms with E-state index in [1.807, 2.05) is 37.3 Å². The highest BCUT2D eigenvalue weighted by Gasteiger charge is 2.51. The SMILES string of the molecule is Cc1ccc(NC(=O)CN(C)C(=O)CN2C(=O)NC(C)(c3cc4ccccc4o3)C2=O)cc1. The first-order valence-electron chi connectivity index (χ1n) is 10.4. The van der Waals surface area contributed by atoms with Crippen molar-refractivity contribution in [2.75, 3.05) is 25.5 Å². The molecule has 170 valence electrons. The maximum Gasteiger partial charge on any atom is 0.325 e. The van der Waals surface area contributed by atoms with Crippen LogP contribution < -0.4 is 10.6 Å². The number of anilines is 1. The van der Waals surface area contributed by atoms with E-state index >= 15 is 0 Å². The van der Waals surface area contributed by atoms with Gasteiger partial charge in [0, 0.05) is 18.1 Å². The highest BCUT2D eigenvalue weighted by atomic mass is 16.3. The number of fused-ring (bicyclic) bond motifs is 1. The first-order valence-corrected chi connectivity index (χ1v) is 10.4. The third-order valence-corrected chi connectivity index (χ3v) is 5.63. The predicted molar refractivity (Wildman–Crippen MR) is 121 cm³/mol. The molecule has 1 unspecified atom stereocenters. The quantitative estimate of drug-likeness (QED) is 0.563. The van der Waals surface area contributed by atoms with Crippen LogP contribution in [0.5, 0.6) is 0 Å². The zero-order valence-electron chi connectivity index (χ0n) is 18.5. The van der Waals surface area contributed by atoms with E-state index in [9.17, 15) is 19.2 Å². The molecule has 0 radical (unpaired) electrons. The van der Waals surface area contributed by atoms with Crippen molar-refractivity contribution >= 4 is 40.4 Å². The molecule has 2 heterocycles. The smallest absolute Gasteiger partial charge is 0.325 e. The lowest BCUT2D eigenvalue weighted by molar-refractivity contribution is -0.139. The number of nitrogens with one attached hydrogen (secondary N) is 2. The third kappa shape index (κ3) is 4.30. The van der Waals surface area contributed by atoms with Crippen LogP contribution in [0, 0.1) is 6.92 Å². The highest BCUT2D eigenvalue weighted by Crippen LogP contribution is 2.33. The zero-order valence-corrected chi connectivity index (χ0v) is 18.5. The van der Waals surface area contributed by atoms with Gasteiger partial charge in [0.05, 0.1) is 6.54 Å². The van der Waals surface area contributed by atoms with Gasteiger partial charge in [-0.15, -0.1) is 0 Å². The van der Waals surface area contributed by atoms with E-state index in [0.717, 1.165) is 15.8 Å². The summed E-state index contributed by atoms with van der Waals surface area (Å²) in [6, 6.07) is 15.5. The molecular weight excluding hydrogens is 424 g/mol. The molecular formula is C24H24N4O5. The largest absolute Gasteiger partial charge is 0.458 e. The zero-order chi connectivity index (χ0) is 23.8. The lowest BCUT2D eigenvalue weighted by Crippen LogP contribution is -2.45. The highest BCUT2D eigenvalue weighted by molar-refractivity contribution is 6.09. The molecule has 1 fully saturated rings. The van der Waals surface area contributed by atoms with Crippen molar-refractivity contribution in [3.05, 3.63) is 65.9 Å². The maximum absolute atomic E-state index is 13.1. The van der Waals surface area contributed by atoms with Gasteiger partial charge in [0.15, 0.2) is 5.54 Å². The molecule has 1 aromatic heterocycles. The Morgan fingerprint density at radius 3 is 2.52 bits per heavy atom. The summed E-state index contributed by atoms with van der Waals surface area (Å²) in [6.45, 7) is 2.76. The number of imide groups is 1. The molecule has 1 saturated heterocycles. The second kappa shape index (κ2) is 8.42. The fourth-order valence-electron chi connectivity index (χ4n) is 3.63. The van der Waals surface area contributed by atoms with Gasteiger partial charge in [0.1, 0.15) is 17.9 Å². The average Bonchev–Trinajstić information content (AvgIpc) is 3.31. The molecule has 9 heteroatoms. The Labute approximate surface area is 190 Å². The van der Waals surface area contributed by atoms with Crippen LogP contribution in [0.3, 0.4) is 0 Å². The van der Waals surface area contributed by atoms with E-state index < -0.39 is 29.9 Å². The number of hydrogen-bond donors (Lipinski definition) is 2. The third-order valence-electron chi connectivity index (χ3n) is 5.63. The lowest BCUT2D eigenvalue weighted by Gasteiger charge is -2.21. The summed E-state index contributed by atoms with van der Waals surface area (Å²) < 4.78 is 5.78. The minimum atomic E-state index is -1.43. The number of urea groups is 1. The standard InChI is InChI=1S/C24H24N4O5/c1-15-8-10-17(11-9-15)25-20(29)13-27(3)21(30)14-28-22(31)24(2,26-23(28)32)19-12-16-6-4-5-7-18(16)33-19/h4-12H,13-14H2,1-3H3,(H,25,29)(H,26,32). The number of likely N-dealkylation sites (N-methyl/N-ethyl adjacent to an activating group) is 1. The number of rotatable bonds is 6. The molecule has 0 aliphatic carbocycles. The molecule has 33 heavy (non-hydrogen) atoms. The molecule has 0 saturated carbocycles. The number of aryl methyl sites for hydroxylation is 1. The lowest BCUT2D eigenvalue weighted by atomic mass is 9.99. The summed E-state index contributed by atoms with van der Waals surface area (Å²) >= 11 is 0. The van der Waals surface area contributed by atoms with Gasteiger partial charge in [-0.1, -0.05) is 35.9 Å². The minimum absolute atomic E-state index is 0.225. The molecule has 0 bridgehead atoms. The summed E-state index contributed by atoms with van der Waals surface area (Å²) in [4.78, 5) is 52.6. The molecule has 2 N–H and O–H groups in total. The molecule has 1 aliphatic rings. The fourth-order valence-corrected chi connectivity index (χ4v) is 3.63. The number of para-hydroxylation sites is 1. The number of carbonyl (C=O) groups excluding carboxylic acids is 4. The number of amides is 5. The van der Waals surface area contributed by atoms with E-state index in [4.69, 9.17) is 4.42 Å². The summed E-state index contributed by atoms with van der Waals surface area (Å²) in [5.41, 5.74) is 0.827. The van der Waals surface area contributed by atoms with Gasteiger partial charge in [0.25, 0.3) is 5.91 Å². The Balaban J connectivity index is 1.41. The van der Waals surface area contributed by atoms with Gasteiger partial charge < -0.3 is 20.0 Å². The number of benzene rings is 2. The Morgan fingerprint density at radius 2 is 1.82 bits per heavy atom. The van der Waals surface area contributed by atoms with E-state index in [-0.39, 0.29) is 18.2 Å². The Morgan fingerprint density at radius 1 is 1.12 bits per heavy atom. The number of nitrogens with zero attached hydrogens (tertiary/aromatic N) is 2. The Kier molecular flexibility index (Phi) is 5.63. The van der Waals surface area contributed by atoms with Gasteiger partial charge in [-0.2, -0.15) is 0 Å². The van der Waals surface area contributed by atoms with Crippen molar-refractivity contribution in [3.63, 3.8) is 0 Å². The molecule has 2 aromatic carbocycles. The van der Waals surface area contributed by atoms with Gasteiger partial charge >= 0.3 is 6.03 Å². The monoisotopic (exact) mass is 448 g/mol.